The number of hydrogen-bond acceptors (Lipinski definition) is 6. The summed E-state index contributed by atoms with van der Waals surface area (Å²) >= 11 is 6.45. The fourth-order valence-corrected chi connectivity index (χ4v) is 6.36. The van der Waals surface area contributed by atoms with E-state index in [-0.39, 0.29) is 25.7 Å². The highest BCUT2D eigenvalue weighted by Crippen LogP contribution is 2.57. The third-order valence-corrected chi connectivity index (χ3v) is 8.00. The maximum atomic E-state index is 14.3. The minimum Gasteiger partial charge on any atom is -0.465 e. The molecule has 186 valence electrons. The van der Waals surface area contributed by atoms with Crippen LogP contribution in [0.5, 0.6) is 0 Å². The molecule has 1 aromatic carbocycles. The zero-order chi connectivity index (χ0) is 25.0. The van der Waals surface area contributed by atoms with Crippen LogP contribution in [0.3, 0.4) is 0 Å². The number of para-hydroxylation sites is 1. The second kappa shape index (κ2) is 8.76. The van der Waals surface area contributed by atoms with Gasteiger partial charge in [-0.25, -0.2) is 0 Å². The van der Waals surface area contributed by atoms with Crippen molar-refractivity contribution in [1.29, 1.82) is 0 Å². The number of fused-ring (bicyclic) bond motifs is 2. The van der Waals surface area contributed by atoms with E-state index in [0.29, 0.717) is 23.6 Å². The van der Waals surface area contributed by atoms with Crippen LogP contribution in [0.4, 0.5) is 5.69 Å². The highest BCUT2D eigenvalue weighted by molar-refractivity contribution is 6.34. The molecule has 1 unspecified atom stereocenters. The molecule has 9 heteroatoms. The number of carbonyl (C=O) groups excluding carboxylic acids is 3. The Morgan fingerprint density at radius 1 is 1.14 bits per heavy atom. The minimum atomic E-state index is -1.40. The fraction of sp³-hybridized carbons (Fsp3) is 0.500. The third-order valence-electron chi connectivity index (χ3n) is 7.68. The van der Waals surface area contributed by atoms with Gasteiger partial charge < -0.3 is 24.4 Å². The molecule has 8 nitrogen and oxygen atoms in total. The standard InChI is InChI=1S/C26H29ClN2O6/c1-3-16(15-30)29-21-23(32)28(18-10-5-4-9-17(18)27)13-8-12-26(21)19(22(29)31)20-24(33)34-14-7-6-11-25(20,2)35-26/h4-6,8-12,16,19-21,30H,3,7,13-15H2,1-2H3/t16-,19-,20+,21?,25-,26-/m0/s1. The first-order chi connectivity index (χ1) is 16.8. The Bertz CT molecular complexity index is 1120. The lowest BCUT2D eigenvalue weighted by Crippen LogP contribution is -2.58. The average Bonchev–Trinajstić information content (AvgIpc) is 3.15. The molecule has 4 aliphatic heterocycles. The number of carbonyl (C=O) groups is 3. The van der Waals surface area contributed by atoms with Crippen LogP contribution in [0.15, 0.2) is 48.6 Å². The Morgan fingerprint density at radius 2 is 1.91 bits per heavy atom. The van der Waals surface area contributed by atoms with Crippen molar-refractivity contribution >= 4 is 35.1 Å². The number of halogens is 1. The van der Waals surface area contributed by atoms with E-state index >= 15 is 0 Å². The number of aliphatic hydroxyl groups is 1. The Hall–Kier alpha value is -2.68. The Labute approximate surface area is 209 Å². The summed E-state index contributed by atoms with van der Waals surface area (Å²) in [7, 11) is 0. The van der Waals surface area contributed by atoms with E-state index in [1.165, 1.54) is 9.80 Å². The van der Waals surface area contributed by atoms with Crippen LogP contribution in [0.25, 0.3) is 0 Å². The van der Waals surface area contributed by atoms with Crippen molar-refractivity contribution in [3.8, 4) is 0 Å². The number of anilines is 1. The molecule has 35 heavy (non-hydrogen) atoms. The number of rotatable bonds is 4. The third kappa shape index (κ3) is 3.45. The highest BCUT2D eigenvalue weighted by Gasteiger charge is 2.75. The monoisotopic (exact) mass is 500 g/mol. The Kier molecular flexibility index (Phi) is 6.02. The van der Waals surface area contributed by atoms with E-state index in [2.05, 4.69) is 0 Å². The van der Waals surface area contributed by atoms with Gasteiger partial charge in [0.05, 0.1) is 41.5 Å². The number of ether oxygens (including phenoxy) is 2. The molecule has 4 heterocycles. The molecule has 6 atom stereocenters. The molecule has 0 radical (unpaired) electrons. The topological polar surface area (TPSA) is 96.4 Å². The summed E-state index contributed by atoms with van der Waals surface area (Å²) < 4.78 is 12.2. The smallest absolute Gasteiger partial charge is 0.313 e. The maximum absolute atomic E-state index is 14.3. The predicted molar refractivity (Wildman–Crippen MR) is 129 cm³/mol. The van der Waals surface area contributed by atoms with Crippen LogP contribution in [-0.2, 0) is 23.9 Å². The number of aliphatic hydroxyl groups excluding tert-OH is 1. The van der Waals surface area contributed by atoms with E-state index in [1.807, 2.05) is 19.1 Å². The predicted octanol–water partition coefficient (Wildman–Crippen LogP) is 2.49. The van der Waals surface area contributed by atoms with Gasteiger partial charge in [0.1, 0.15) is 17.6 Å². The van der Waals surface area contributed by atoms with E-state index in [0.717, 1.165) is 0 Å². The van der Waals surface area contributed by atoms with Crippen LogP contribution in [0.2, 0.25) is 5.02 Å². The van der Waals surface area contributed by atoms with Crippen LogP contribution >= 0.6 is 11.6 Å². The first-order valence-corrected chi connectivity index (χ1v) is 12.4. The summed E-state index contributed by atoms with van der Waals surface area (Å²) in [5.41, 5.74) is -2.02. The lowest BCUT2D eigenvalue weighted by molar-refractivity contribution is -0.160. The number of likely N-dealkylation sites (tertiary alicyclic amines) is 1. The number of nitrogens with zero attached hydrogens (tertiary/aromatic N) is 2. The second-order valence-electron chi connectivity index (χ2n) is 9.65. The number of esters is 1. The molecule has 0 aliphatic carbocycles. The molecule has 5 rings (SSSR count). The van der Waals surface area contributed by atoms with Crippen molar-refractivity contribution in [1.82, 2.24) is 4.90 Å². The number of benzene rings is 1. The number of hydrogen-bond donors (Lipinski definition) is 1. The van der Waals surface area contributed by atoms with Gasteiger partial charge in [0, 0.05) is 6.54 Å². The van der Waals surface area contributed by atoms with Crippen molar-refractivity contribution in [2.75, 3.05) is 24.7 Å². The van der Waals surface area contributed by atoms with Gasteiger partial charge in [-0.05, 0) is 31.9 Å². The first-order valence-electron chi connectivity index (χ1n) is 12.0. The molecule has 0 saturated carbocycles. The van der Waals surface area contributed by atoms with Gasteiger partial charge >= 0.3 is 5.97 Å². The molecule has 4 aliphatic rings. The van der Waals surface area contributed by atoms with Crippen LogP contribution in [0.1, 0.15) is 26.7 Å². The summed E-state index contributed by atoms with van der Waals surface area (Å²) in [5.74, 6) is -3.19. The van der Waals surface area contributed by atoms with Gasteiger partial charge in [0.2, 0.25) is 5.91 Å². The van der Waals surface area contributed by atoms with Crippen molar-refractivity contribution in [3.63, 3.8) is 0 Å². The normalized spacial score (nSPS) is 35.1. The van der Waals surface area contributed by atoms with Crippen molar-refractivity contribution in [3.05, 3.63) is 53.6 Å². The van der Waals surface area contributed by atoms with E-state index < -0.39 is 47.0 Å². The number of amides is 2. The van der Waals surface area contributed by atoms with E-state index in [1.54, 1.807) is 43.3 Å². The summed E-state index contributed by atoms with van der Waals surface area (Å²) in [6.07, 6.45) is 8.22. The molecular weight excluding hydrogens is 472 g/mol. The summed E-state index contributed by atoms with van der Waals surface area (Å²) in [4.78, 5) is 44.6. The molecular formula is C26H29ClN2O6. The Morgan fingerprint density at radius 3 is 2.63 bits per heavy atom. The van der Waals surface area contributed by atoms with Gasteiger partial charge in [0.25, 0.3) is 5.91 Å². The zero-order valence-electron chi connectivity index (χ0n) is 19.7. The molecule has 0 aromatic heterocycles. The van der Waals surface area contributed by atoms with Crippen molar-refractivity contribution < 1.29 is 29.0 Å². The Balaban J connectivity index is 1.69. The van der Waals surface area contributed by atoms with Crippen molar-refractivity contribution in [2.24, 2.45) is 11.8 Å². The van der Waals surface area contributed by atoms with Crippen LogP contribution in [-0.4, -0.2) is 70.8 Å². The zero-order valence-corrected chi connectivity index (χ0v) is 20.5. The molecule has 2 fully saturated rings. The molecule has 1 N–H and O–H groups in total. The number of cyclic esters (lactones) is 1. The fourth-order valence-electron chi connectivity index (χ4n) is 6.12. The largest absolute Gasteiger partial charge is 0.465 e. The molecule has 1 spiro atoms. The molecule has 2 saturated heterocycles. The van der Waals surface area contributed by atoms with Gasteiger partial charge in [-0.2, -0.15) is 0 Å². The lowest BCUT2D eigenvalue weighted by Gasteiger charge is -2.40. The first kappa shape index (κ1) is 24.0. The SMILES string of the molecule is CC[C@@H](CO)N1C(=O)[C@@H]2[C@@H]3C(=O)OCCC=C[C@]3(C)O[C@@]23C=CCN(c2ccccc2Cl)C(=O)C13. The van der Waals surface area contributed by atoms with Crippen LogP contribution in [0, 0.1) is 11.8 Å². The molecule has 2 amide bonds. The average molecular weight is 501 g/mol. The highest BCUT2D eigenvalue weighted by atomic mass is 35.5. The lowest BCUT2D eigenvalue weighted by atomic mass is 9.74. The van der Waals surface area contributed by atoms with Crippen LogP contribution < -0.4 is 4.90 Å². The molecule has 0 bridgehead atoms. The minimum absolute atomic E-state index is 0.215. The van der Waals surface area contributed by atoms with E-state index in [4.69, 9.17) is 21.1 Å². The summed E-state index contributed by atoms with van der Waals surface area (Å²) in [5, 5.41) is 10.6. The second-order valence-corrected chi connectivity index (χ2v) is 10.1. The van der Waals surface area contributed by atoms with Gasteiger partial charge in [-0.3, -0.25) is 14.4 Å². The molecule has 1 aromatic rings. The quantitative estimate of drug-likeness (QED) is 0.504. The van der Waals surface area contributed by atoms with Gasteiger partial charge in [-0.1, -0.05) is 55.0 Å². The van der Waals surface area contributed by atoms with Gasteiger partial charge in [-0.15, -0.1) is 0 Å². The van der Waals surface area contributed by atoms with Crippen molar-refractivity contribution in [2.45, 2.75) is 50.0 Å². The summed E-state index contributed by atoms with van der Waals surface area (Å²) in [6.45, 7) is 3.72. The van der Waals surface area contributed by atoms with E-state index in [9.17, 15) is 19.5 Å². The maximum Gasteiger partial charge on any atom is 0.313 e. The van der Waals surface area contributed by atoms with Gasteiger partial charge in [0.15, 0.2) is 0 Å². The summed E-state index contributed by atoms with van der Waals surface area (Å²) in [6, 6.07) is 5.32.